The maximum Gasteiger partial charge on any atom is 0.256 e. The zero-order chi connectivity index (χ0) is 18.0. The van der Waals surface area contributed by atoms with Gasteiger partial charge in [-0.1, -0.05) is 13.0 Å². The summed E-state index contributed by atoms with van der Waals surface area (Å²) in [6, 6.07) is 6.98. The number of hydrogen-bond donors (Lipinski definition) is 2. The highest BCUT2D eigenvalue weighted by molar-refractivity contribution is 7.17. The number of carbonyl (C=O) groups is 2. The minimum atomic E-state index is -0.240. The van der Waals surface area contributed by atoms with Gasteiger partial charge in [0.1, 0.15) is 10.8 Å². The fourth-order valence-corrected chi connectivity index (χ4v) is 4.55. The molecule has 0 spiro atoms. The first-order valence-corrected chi connectivity index (χ1v) is 9.17. The summed E-state index contributed by atoms with van der Waals surface area (Å²) in [7, 11) is 3.18. The quantitative estimate of drug-likeness (QED) is 0.879. The molecule has 0 aliphatic heterocycles. The van der Waals surface area contributed by atoms with Crippen LogP contribution in [0.25, 0.3) is 0 Å². The van der Waals surface area contributed by atoms with Gasteiger partial charge >= 0.3 is 0 Å². The van der Waals surface area contributed by atoms with Crippen molar-refractivity contribution in [1.82, 2.24) is 5.32 Å². The highest BCUT2D eigenvalue weighted by Crippen LogP contribution is 2.39. The molecule has 1 aliphatic carbocycles. The molecule has 1 aromatic carbocycles. The van der Waals surface area contributed by atoms with Crippen LogP contribution in [-0.2, 0) is 12.8 Å². The molecule has 3 rings (SSSR count). The second-order valence-electron chi connectivity index (χ2n) is 6.32. The molecule has 0 unspecified atom stereocenters. The zero-order valence-corrected chi connectivity index (χ0v) is 15.5. The van der Waals surface area contributed by atoms with E-state index >= 15 is 0 Å². The summed E-state index contributed by atoms with van der Waals surface area (Å²) in [6.45, 7) is 2.22. The van der Waals surface area contributed by atoms with Crippen LogP contribution >= 0.6 is 11.3 Å². The Morgan fingerprint density at radius 3 is 2.80 bits per heavy atom. The molecule has 2 N–H and O–H groups in total. The van der Waals surface area contributed by atoms with Crippen molar-refractivity contribution >= 4 is 28.2 Å². The molecule has 0 saturated carbocycles. The number of amides is 2. The van der Waals surface area contributed by atoms with Crippen molar-refractivity contribution in [2.45, 2.75) is 26.2 Å². The van der Waals surface area contributed by atoms with Crippen LogP contribution < -0.4 is 15.4 Å². The number of carbonyl (C=O) groups excluding carboxylic acids is 2. The summed E-state index contributed by atoms with van der Waals surface area (Å²) in [5, 5.41) is 6.26. The Kier molecular flexibility index (Phi) is 5.08. The molecule has 1 heterocycles. The number of anilines is 1. The molecule has 132 valence electrons. The Labute approximate surface area is 151 Å². The number of fused-ring (bicyclic) bond motifs is 1. The average molecular weight is 358 g/mol. The van der Waals surface area contributed by atoms with Crippen molar-refractivity contribution < 1.29 is 14.3 Å². The van der Waals surface area contributed by atoms with E-state index in [1.54, 1.807) is 38.4 Å². The van der Waals surface area contributed by atoms with E-state index in [4.69, 9.17) is 4.74 Å². The fraction of sp³-hybridized carbons (Fsp3) is 0.368. The number of rotatable bonds is 4. The van der Waals surface area contributed by atoms with Crippen molar-refractivity contribution in [3.63, 3.8) is 0 Å². The molecule has 5 nitrogen and oxygen atoms in total. The predicted octanol–water partition coefficient (Wildman–Crippen LogP) is 3.49. The van der Waals surface area contributed by atoms with Crippen molar-refractivity contribution in [3.8, 4) is 5.75 Å². The largest absolute Gasteiger partial charge is 0.497 e. The SMILES string of the molecule is CNC(=O)c1c(NC(=O)c2cccc(OC)c2)sc2c1CC[C@H](C)C2. The number of thiophene rings is 1. The summed E-state index contributed by atoms with van der Waals surface area (Å²) in [4.78, 5) is 26.2. The monoisotopic (exact) mass is 358 g/mol. The number of benzene rings is 1. The molecular formula is C19H22N2O3S. The highest BCUT2D eigenvalue weighted by Gasteiger charge is 2.28. The third-order valence-electron chi connectivity index (χ3n) is 4.52. The van der Waals surface area contributed by atoms with E-state index in [9.17, 15) is 9.59 Å². The lowest BCUT2D eigenvalue weighted by Crippen LogP contribution is -2.22. The Morgan fingerprint density at radius 2 is 2.08 bits per heavy atom. The number of nitrogens with one attached hydrogen (secondary N) is 2. The number of ether oxygens (including phenoxy) is 1. The van der Waals surface area contributed by atoms with Crippen LogP contribution in [0.5, 0.6) is 5.75 Å². The van der Waals surface area contributed by atoms with Gasteiger partial charge in [0.25, 0.3) is 11.8 Å². The van der Waals surface area contributed by atoms with Crippen LogP contribution in [-0.4, -0.2) is 26.0 Å². The maximum absolute atomic E-state index is 12.6. The van der Waals surface area contributed by atoms with Gasteiger partial charge in [-0.3, -0.25) is 9.59 Å². The topological polar surface area (TPSA) is 67.4 Å². The third-order valence-corrected chi connectivity index (χ3v) is 5.69. The Balaban J connectivity index is 1.93. The molecule has 0 saturated heterocycles. The van der Waals surface area contributed by atoms with E-state index in [0.29, 0.717) is 27.8 Å². The van der Waals surface area contributed by atoms with Gasteiger partial charge in [-0.15, -0.1) is 11.3 Å². The van der Waals surface area contributed by atoms with Crippen molar-refractivity contribution in [2.75, 3.05) is 19.5 Å². The number of methoxy groups -OCH3 is 1. The minimum absolute atomic E-state index is 0.145. The van der Waals surface area contributed by atoms with E-state index in [1.165, 1.54) is 16.2 Å². The molecule has 1 aliphatic rings. The first-order chi connectivity index (χ1) is 12.0. The zero-order valence-electron chi connectivity index (χ0n) is 14.6. The summed E-state index contributed by atoms with van der Waals surface area (Å²) in [5.41, 5.74) is 2.20. The van der Waals surface area contributed by atoms with Gasteiger partial charge in [-0.2, -0.15) is 0 Å². The van der Waals surface area contributed by atoms with Crippen LogP contribution in [0.15, 0.2) is 24.3 Å². The molecule has 0 bridgehead atoms. The molecule has 2 aromatic rings. The van der Waals surface area contributed by atoms with E-state index in [1.807, 2.05) is 0 Å². The number of hydrogen-bond acceptors (Lipinski definition) is 4. The molecule has 25 heavy (non-hydrogen) atoms. The summed E-state index contributed by atoms with van der Waals surface area (Å²) < 4.78 is 5.17. The van der Waals surface area contributed by atoms with Crippen LogP contribution in [0.2, 0.25) is 0 Å². The van der Waals surface area contributed by atoms with Gasteiger partial charge in [-0.25, -0.2) is 0 Å². The lowest BCUT2D eigenvalue weighted by Gasteiger charge is -2.18. The van der Waals surface area contributed by atoms with Crippen LogP contribution in [0.1, 0.15) is 44.5 Å². The Hall–Kier alpha value is -2.34. The molecule has 0 fully saturated rings. The van der Waals surface area contributed by atoms with Crippen molar-refractivity contribution in [1.29, 1.82) is 0 Å². The highest BCUT2D eigenvalue weighted by atomic mass is 32.1. The molecule has 1 atom stereocenters. The Morgan fingerprint density at radius 1 is 1.28 bits per heavy atom. The summed E-state index contributed by atoms with van der Waals surface area (Å²) in [5.74, 6) is 0.841. The predicted molar refractivity (Wildman–Crippen MR) is 99.8 cm³/mol. The minimum Gasteiger partial charge on any atom is -0.497 e. The molecule has 0 radical (unpaired) electrons. The van der Waals surface area contributed by atoms with E-state index in [-0.39, 0.29) is 11.8 Å². The average Bonchev–Trinajstić information content (AvgIpc) is 2.97. The van der Waals surface area contributed by atoms with Gasteiger partial charge in [0.15, 0.2) is 0 Å². The normalized spacial score (nSPS) is 16.0. The van der Waals surface area contributed by atoms with Gasteiger partial charge < -0.3 is 15.4 Å². The second-order valence-corrected chi connectivity index (χ2v) is 7.43. The van der Waals surface area contributed by atoms with Crippen molar-refractivity contribution in [3.05, 3.63) is 45.8 Å². The fourth-order valence-electron chi connectivity index (χ4n) is 3.14. The summed E-state index contributed by atoms with van der Waals surface area (Å²) >= 11 is 1.52. The molecule has 2 amide bonds. The van der Waals surface area contributed by atoms with Gasteiger partial charge in [0.05, 0.1) is 12.7 Å². The van der Waals surface area contributed by atoms with Crippen LogP contribution in [0, 0.1) is 5.92 Å². The first kappa shape index (κ1) is 17.5. The smallest absolute Gasteiger partial charge is 0.256 e. The lowest BCUT2D eigenvalue weighted by molar-refractivity contribution is 0.0963. The standard InChI is InChI=1S/C19H22N2O3S/c1-11-7-8-14-15(9-11)25-19(16(14)18(23)20-2)21-17(22)12-5-4-6-13(10-12)24-3/h4-6,10-11H,7-9H2,1-3H3,(H,20,23)(H,21,22)/t11-/m0/s1. The first-order valence-electron chi connectivity index (χ1n) is 8.35. The van der Waals surface area contributed by atoms with E-state index < -0.39 is 0 Å². The summed E-state index contributed by atoms with van der Waals surface area (Å²) in [6.07, 6.45) is 2.90. The second kappa shape index (κ2) is 7.27. The van der Waals surface area contributed by atoms with E-state index in [2.05, 4.69) is 17.6 Å². The van der Waals surface area contributed by atoms with Gasteiger partial charge in [-0.05, 0) is 48.9 Å². The van der Waals surface area contributed by atoms with Crippen molar-refractivity contribution in [2.24, 2.45) is 5.92 Å². The molecule has 6 heteroatoms. The van der Waals surface area contributed by atoms with E-state index in [0.717, 1.165) is 24.8 Å². The van der Waals surface area contributed by atoms with Crippen LogP contribution in [0.4, 0.5) is 5.00 Å². The maximum atomic E-state index is 12.6. The molecular weight excluding hydrogens is 336 g/mol. The molecule has 1 aromatic heterocycles. The van der Waals surface area contributed by atoms with Gasteiger partial charge in [0.2, 0.25) is 0 Å². The Bertz CT molecular complexity index is 813. The lowest BCUT2D eigenvalue weighted by atomic mass is 9.88. The van der Waals surface area contributed by atoms with Crippen LogP contribution in [0.3, 0.4) is 0 Å². The van der Waals surface area contributed by atoms with Gasteiger partial charge in [0, 0.05) is 17.5 Å². The third kappa shape index (κ3) is 3.54.